The lowest BCUT2D eigenvalue weighted by Crippen LogP contribution is -2.24. The van der Waals surface area contributed by atoms with Gasteiger partial charge in [-0.25, -0.2) is 0 Å². The fourth-order valence-corrected chi connectivity index (χ4v) is 4.04. The van der Waals surface area contributed by atoms with E-state index in [2.05, 4.69) is 59.8 Å². The van der Waals surface area contributed by atoms with Crippen molar-refractivity contribution in [2.75, 3.05) is 0 Å². The smallest absolute Gasteiger partial charge is 0.302 e. The van der Waals surface area contributed by atoms with Crippen molar-refractivity contribution in [2.45, 2.75) is 120 Å². The van der Waals surface area contributed by atoms with Gasteiger partial charge in [0.1, 0.15) is 6.10 Å². The van der Waals surface area contributed by atoms with Crippen LogP contribution < -0.4 is 0 Å². The molecule has 2 nitrogen and oxygen atoms in total. The van der Waals surface area contributed by atoms with E-state index < -0.39 is 0 Å². The number of carbonyl (C=O) groups excluding carboxylic acids is 1. The van der Waals surface area contributed by atoms with E-state index in [0.717, 1.165) is 25.7 Å². The third-order valence-electron chi connectivity index (χ3n) is 6.27. The van der Waals surface area contributed by atoms with Crippen LogP contribution in [-0.4, -0.2) is 12.1 Å². The lowest BCUT2D eigenvalue weighted by Gasteiger charge is -2.28. The Morgan fingerprint density at radius 2 is 1.80 bits per heavy atom. The molecular formula is C28H50O2. The van der Waals surface area contributed by atoms with Gasteiger partial charge in [0.15, 0.2) is 0 Å². The minimum absolute atomic E-state index is 0.0542. The highest BCUT2D eigenvalue weighted by atomic mass is 16.5. The lowest BCUT2D eigenvalue weighted by atomic mass is 9.84. The molecule has 0 aromatic heterocycles. The number of unbranched alkanes of at least 4 members (excludes halogenated alkanes) is 1. The van der Waals surface area contributed by atoms with Crippen molar-refractivity contribution in [1.29, 1.82) is 0 Å². The van der Waals surface area contributed by atoms with Crippen LogP contribution >= 0.6 is 0 Å². The number of carbonyl (C=O) groups is 1. The Labute approximate surface area is 188 Å². The number of ether oxygens (including phenoxy) is 1. The fraction of sp³-hybridized carbons (Fsp3) is 0.750. The van der Waals surface area contributed by atoms with Gasteiger partial charge < -0.3 is 4.74 Å². The van der Waals surface area contributed by atoms with Crippen LogP contribution in [0.2, 0.25) is 0 Å². The fourth-order valence-electron chi connectivity index (χ4n) is 4.04. The molecular weight excluding hydrogens is 368 g/mol. The van der Waals surface area contributed by atoms with Crippen LogP contribution in [0.3, 0.4) is 0 Å². The number of esters is 1. The zero-order valence-electron chi connectivity index (χ0n) is 21.5. The molecule has 1 rings (SSSR count). The maximum atomic E-state index is 11.3. The molecule has 0 aliphatic heterocycles. The van der Waals surface area contributed by atoms with Gasteiger partial charge in [-0.15, -0.1) is 0 Å². The molecule has 4 unspecified atom stereocenters. The summed E-state index contributed by atoms with van der Waals surface area (Å²) in [6, 6.07) is 0. The Morgan fingerprint density at radius 1 is 1.13 bits per heavy atom. The molecule has 0 spiro atoms. The number of hydrogen-bond acceptors (Lipinski definition) is 2. The molecule has 0 N–H and O–H groups in total. The first-order chi connectivity index (χ1) is 14.3. The van der Waals surface area contributed by atoms with E-state index in [1.54, 1.807) is 5.57 Å². The van der Waals surface area contributed by atoms with Crippen molar-refractivity contribution in [3.05, 3.63) is 34.9 Å². The van der Waals surface area contributed by atoms with Gasteiger partial charge in [-0.2, -0.15) is 0 Å². The largest absolute Gasteiger partial charge is 0.462 e. The molecule has 0 heterocycles. The molecule has 0 bridgehead atoms. The standard InChI is InChI=1S/C26H44O2.C2H6/c1-8-10-11-25(22(6)13-12-21(5)20(4)9-2)15-14-24-16-19(3)17-26(18-24)28-23(7)27;1-2/h12,14-15,19-20,22,26H,8-11,13,16-18H2,1-7H3;1-2H3/b21-12+,24-14-,25-15+;. The van der Waals surface area contributed by atoms with Gasteiger partial charge in [0.2, 0.25) is 0 Å². The summed E-state index contributed by atoms with van der Waals surface area (Å²) in [4.78, 5) is 11.3. The minimum Gasteiger partial charge on any atom is -0.462 e. The molecule has 0 radical (unpaired) electrons. The summed E-state index contributed by atoms with van der Waals surface area (Å²) in [6.07, 6.45) is 16.2. The third-order valence-corrected chi connectivity index (χ3v) is 6.27. The molecule has 0 aromatic carbocycles. The van der Waals surface area contributed by atoms with E-state index >= 15 is 0 Å². The molecule has 1 fully saturated rings. The van der Waals surface area contributed by atoms with Gasteiger partial charge in [-0.1, -0.05) is 89.8 Å². The summed E-state index contributed by atoms with van der Waals surface area (Å²) in [6.45, 7) is 19.3. The van der Waals surface area contributed by atoms with Crippen molar-refractivity contribution in [2.24, 2.45) is 17.8 Å². The zero-order chi connectivity index (χ0) is 23.1. The van der Waals surface area contributed by atoms with Crippen molar-refractivity contribution < 1.29 is 9.53 Å². The number of rotatable bonds is 10. The van der Waals surface area contributed by atoms with Gasteiger partial charge in [0.05, 0.1) is 0 Å². The van der Waals surface area contributed by atoms with Crippen LogP contribution in [0.4, 0.5) is 0 Å². The van der Waals surface area contributed by atoms with E-state index in [0.29, 0.717) is 17.8 Å². The predicted octanol–water partition coefficient (Wildman–Crippen LogP) is 8.83. The number of hydrogen-bond donors (Lipinski definition) is 0. The second kappa shape index (κ2) is 16.4. The Kier molecular flexibility index (Phi) is 15.7. The zero-order valence-corrected chi connectivity index (χ0v) is 21.5. The molecule has 30 heavy (non-hydrogen) atoms. The highest BCUT2D eigenvalue weighted by Gasteiger charge is 2.24. The summed E-state index contributed by atoms with van der Waals surface area (Å²) in [5.41, 5.74) is 4.51. The molecule has 4 atom stereocenters. The van der Waals surface area contributed by atoms with Crippen molar-refractivity contribution in [1.82, 2.24) is 0 Å². The van der Waals surface area contributed by atoms with Gasteiger partial charge in [-0.05, 0) is 63.2 Å². The normalized spacial score (nSPS) is 23.4. The summed E-state index contributed by atoms with van der Waals surface area (Å²) < 4.78 is 5.50. The summed E-state index contributed by atoms with van der Waals surface area (Å²) in [7, 11) is 0. The highest BCUT2D eigenvalue weighted by molar-refractivity contribution is 5.66. The van der Waals surface area contributed by atoms with E-state index in [1.807, 2.05) is 13.8 Å². The number of allylic oxidation sites excluding steroid dienone is 5. The maximum Gasteiger partial charge on any atom is 0.302 e. The summed E-state index contributed by atoms with van der Waals surface area (Å²) >= 11 is 0. The third kappa shape index (κ3) is 11.8. The van der Waals surface area contributed by atoms with Gasteiger partial charge >= 0.3 is 5.97 Å². The van der Waals surface area contributed by atoms with E-state index in [-0.39, 0.29) is 12.1 Å². The first-order valence-electron chi connectivity index (χ1n) is 12.5. The highest BCUT2D eigenvalue weighted by Crippen LogP contribution is 2.31. The van der Waals surface area contributed by atoms with E-state index in [1.165, 1.54) is 43.8 Å². The molecule has 0 aromatic rings. The lowest BCUT2D eigenvalue weighted by molar-refractivity contribution is -0.147. The average molecular weight is 419 g/mol. The minimum atomic E-state index is -0.158. The first-order valence-corrected chi connectivity index (χ1v) is 12.5. The molecule has 1 aliphatic rings. The Bertz CT molecular complexity index is 567. The Morgan fingerprint density at radius 3 is 2.37 bits per heavy atom. The topological polar surface area (TPSA) is 26.3 Å². The van der Waals surface area contributed by atoms with Crippen LogP contribution in [-0.2, 0) is 9.53 Å². The molecule has 0 saturated heterocycles. The van der Waals surface area contributed by atoms with Gasteiger partial charge in [-0.3, -0.25) is 4.79 Å². The molecule has 1 saturated carbocycles. The molecule has 0 amide bonds. The quantitative estimate of drug-likeness (QED) is 0.261. The summed E-state index contributed by atoms with van der Waals surface area (Å²) in [5.74, 6) is 1.68. The van der Waals surface area contributed by atoms with Gasteiger partial charge in [0, 0.05) is 13.3 Å². The predicted molar refractivity (Wildman–Crippen MR) is 133 cm³/mol. The second-order valence-electron chi connectivity index (χ2n) is 9.04. The van der Waals surface area contributed by atoms with E-state index in [9.17, 15) is 4.79 Å². The molecule has 2 heteroatoms. The average Bonchev–Trinajstić information content (AvgIpc) is 2.71. The summed E-state index contributed by atoms with van der Waals surface area (Å²) in [5, 5.41) is 0. The van der Waals surface area contributed by atoms with Crippen LogP contribution in [0, 0.1) is 17.8 Å². The SMILES string of the molecule is CC.CCCC/C(=C\C=C1\CC(C)CC(OC(C)=O)C1)C(C)C/C=C(\C)C(C)CC. The van der Waals surface area contributed by atoms with Crippen LogP contribution in [0.25, 0.3) is 0 Å². The molecule has 174 valence electrons. The van der Waals surface area contributed by atoms with Crippen LogP contribution in [0.1, 0.15) is 114 Å². The second-order valence-corrected chi connectivity index (χ2v) is 9.04. The first kappa shape index (κ1) is 28.7. The molecule has 1 aliphatic carbocycles. The van der Waals surface area contributed by atoms with E-state index in [4.69, 9.17) is 4.74 Å². The van der Waals surface area contributed by atoms with Crippen molar-refractivity contribution in [3.63, 3.8) is 0 Å². The Balaban J connectivity index is 0.00000407. The van der Waals surface area contributed by atoms with Crippen molar-refractivity contribution >= 4 is 5.97 Å². The monoisotopic (exact) mass is 418 g/mol. The van der Waals surface area contributed by atoms with Gasteiger partial charge in [0.25, 0.3) is 0 Å². The van der Waals surface area contributed by atoms with Crippen LogP contribution in [0.5, 0.6) is 0 Å². The van der Waals surface area contributed by atoms with Crippen LogP contribution in [0.15, 0.2) is 34.9 Å². The maximum absolute atomic E-state index is 11.3. The Hall–Kier alpha value is -1.31. The van der Waals surface area contributed by atoms with Crippen molar-refractivity contribution in [3.8, 4) is 0 Å².